The van der Waals surface area contributed by atoms with Gasteiger partial charge in [0.05, 0.1) is 13.3 Å². The number of hydrogen-bond acceptors (Lipinski definition) is 3. The van der Waals surface area contributed by atoms with Crippen molar-refractivity contribution >= 4 is 5.78 Å². The summed E-state index contributed by atoms with van der Waals surface area (Å²) in [6.45, 7) is 2.87. The largest absolute Gasteiger partial charge is 0.493 e. The van der Waals surface area contributed by atoms with Crippen molar-refractivity contribution in [3.8, 4) is 5.75 Å². The van der Waals surface area contributed by atoms with E-state index in [2.05, 4.69) is 12.0 Å². The summed E-state index contributed by atoms with van der Waals surface area (Å²) < 4.78 is 7.12. The van der Waals surface area contributed by atoms with E-state index in [0.717, 1.165) is 25.8 Å². The molecule has 1 aromatic rings. The first-order chi connectivity index (χ1) is 9.27. The van der Waals surface area contributed by atoms with Gasteiger partial charge in [0.25, 0.3) is 0 Å². The highest BCUT2D eigenvalue weighted by Crippen LogP contribution is 2.29. The molecule has 0 unspecified atom stereocenters. The SMILES string of the molecule is CCCn1ncc(OC)c1C(=O)C1CCCCCC1. The van der Waals surface area contributed by atoms with Crippen molar-refractivity contribution < 1.29 is 9.53 Å². The lowest BCUT2D eigenvalue weighted by atomic mass is 9.93. The number of nitrogens with zero attached hydrogens (tertiary/aromatic N) is 2. The van der Waals surface area contributed by atoms with Crippen molar-refractivity contribution in [2.45, 2.75) is 58.4 Å². The van der Waals surface area contributed by atoms with Crippen molar-refractivity contribution in [2.24, 2.45) is 5.92 Å². The van der Waals surface area contributed by atoms with Gasteiger partial charge < -0.3 is 4.74 Å². The van der Waals surface area contributed by atoms with E-state index in [0.29, 0.717) is 11.4 Å². The minimum absolute atomic E-state index is 0.156. The van der Waals surface area contributed by atoms with Crippen LogP contribution in [0.1, 0.15) is 62.4 Å². The molecule has 0 atom stereocenters. The maximum Gasteiger partial charge on any atom is 0.187 e. The zero-order chi connectivity index (χ0) is 13.7. The van der Waals surface area contributed by atoms with Gasteiger partial charge in [-0.25, -0.2) is 0 Å². The van der Waals surface area contributed by atoms with Gasteiger partial charge in [0.2, 0.25) is 0 Å². The molecule has 1 aliphatic carbocycles. The average Bonchev–Trinajstić information content (AvgIpc) is 2.64. The van der Waals surface area contributed by atoms with E-state index in [1.165, 1.54) is 25.7 Å². The van der Waals surface area contributed by atoms with Crippen LogP contribution in [0, 0.1) is 5.92 Å². The third-order valence-corrected chi connectivity index (χ3v) is 3.92. The second-order valence-corrected chi connectivity index (χ2v) is 5.34. The smallest absolute Gasteiger partial charge is 0.187 e. The molecule has 19 heavy (non-hydrogen) atoms. The Kier molecular flexibility index (Phi) is 5.00. The number of ketones is 1. The fourth-order valence-electron chi connectivity index (χ4n) is 2.88. The summed E-state index contributed by atoms with van der Waals surface area (Å²) in [5, 5.41) is 4.29. The molecule has 0 bridgehead atoms. The number of rotatable bonds is 5. The van der Waals surface area contributed by atoms with Gasteiger partial charge in [-0.2, -0.15) is 5.10 Å². The van der Waals surface area contributed by atoms with Gasteiger partial charge in [0.1, 0.15) is 5.69 Å². The topological polar surface area (TPSA) is 44.1 Å². The Bertz CT molecular complexity index is 418. The Morgan fingerprint density at radius 3 is 2.63 bits per heavy atom. The lowest BCUT2D eigenvalue weighted by Crippen LogP contribution is -2.19. The molecule has 0 spiro atoms. The lowest BCUT2D eigenvalue weighted by Gasteiger charge is -2.14. The summed E-state index contributed by atoms with van der Waals surface area (Å²) in [4.78, 5) is 12.7. The standard InChI is InChI=1S/C15H24N2O2/c1-3-10-17-14(13(19-2)11-16-17)15(18)12-8-6-4-5-7-9-12/h11-12H,3-10H2,1-2H3. The van der Waals surface area contributed by atoms with E-state index in [9.17, 15) is 4.79 Å². The summed E-state index contributed by atoms with van der Waals surface area (Å²) >= 11 is 0. The number of carbonyl (C=O) groups is 1. The number of Topliss-reactive ketones (excluding diaryl/α,β-unsaturated/α-hetero) is 1. The minimum Gasteiger partial charge on any atom is -0.493 e. The fraction of sp³-hybridized carbons (Fsp3) is 0.733. The maximum atomic E-state index is 12.7. The molecule has 0 amide bonds. The molecule has 0 radical (unpaired) electrons. The third kappa shape index (κ3) is 3.17. The first kappa shape index (κ1) is 14.1. The van der Waals surface area contributed by atoms with Crippen LogP contribution in [0.25, 0.3) is 0 Å². The van der Waals surface area contributed by atoms with Crippen LogP contribution in [-0.2, 0) is 6.54 Å². The van der Waals surface area contributed by atoms with Gasteiger partial charge in [-0.05, 0) is 19.3 Å². The van der Waals surface area contributed by atoms with Gasteiger partial charge >= 0.3 is 0 Å². The average molecular weight is 264 g/mol. The number of carbonyl (C=O) groups excluding carboxylic acids is 1. The molecule has 1 aromatic heterocycles. The first-order valence-electron chi connectivity index (χ1n) is 7.42. The van der Waals surface area contributed by atoms with Crippen LogP contribution in [0.15, 0.2) is 6.20 Å². The Labute approximate surface area is 115 Å². The molecule has 0 N–H and O–H groups in total. The zero-order valence-corrected chi connectivity index (χ0v) is 12.0. The molecule has 1 saturated carbocycles. The molecule has 0 aromatic carbocycles. The Morgan fingerprint density at radius 2 is 2.05 bits per heavy atom. The van der Waals surface area contributed by atoms with Crippen molar-refractivity contribution in [1.82, 2.24) is 9.78 Å². The highest BCUT2D eigenvalue weighted by Gasteiger charge is 2.27. The van der Waals surface area contributed by atoms with Crippen molar-refractivity contribution in [1.29, 1.82) is 0 Å². The van der Waals surface area contributed by atoms with Crippen molar-refractivity contribution in [3.05, 3.63) is 11.9 Å². The summed E-state index contributed by atoms with van der Waals surface area (Å²) in [6.07, 6.45) is 9.51. The normalized spacial score (nSPS) is 17.2. The molecule has 1 heterocycles. The monoisotopic (exact) mass is 264 g/mol. The number of aromatic nitrogens is 2. The van der Waals surface area contributed by atoms with Crippen molar-refractivity contribution in [3.63, 3.8) is 0 Å². The fourth-order valence-corrected chi connectivity index (χ4v) is 2.88. The van der Waals surface area contributed by atoms with E-state index in [4.69, 9.17) is 4.74 Å². The van der Waals surface area contributed by atoms with Crippen LogP contribution < -0.4 is 4.74 Å². The molecule has 106 valence electrons. The van der Waals surface area contributed by atoms with E-state index in [-0.39, 0.29) is 11.7 Å². The third-order valence-electron chi connectivity index (χ3n) is 3.92. The zero-order valence-electron chi connectivity index (χ0n) is 12.0. The van der Waals surface area contributed by atoms with Gasteiger partial charge in [-0.1, -0.05) is 32.6 Å². The molecule has 1 aliphatic rings. The second-order valence-electron chi connectivity index (χ2n) is 5.34. The summed E-state index contributed by atoms with van der Waals surface area (Å²) in [5.74, 6) is 1.01. The molecular formula is C15H24N2O2. The van der Waals surface area contributed by atoms with Gasteiger partial charge in [-0.15, -0.1) is 0 Å². The summed E-state index contributed by atoms with van der Waals surface area (Å²) in [6, 6.07) is 0. The van der Waals surface area contributed by atoms with E-state index >= 15 is 0 Å². The van der Waals surface area contributed by atoms with Crippen LogP contribution in [0.3, 0.4) is 0 Å². The molecule has 0 aliphatic heterocycles. The van der Waals surface area contributed by atoms with Gasteiger partial charge in [0.15, 0.2) is 11.5 Å². The summed E-state index contributed by atoms with van der Waals surface area (Å²) in [7, 11) is 1.61. The Hall–Kier alpha value is -1.32. The Morgan fingerprint density at radius 1 is 1.37 bits per heavy atom. The molecule has 1 fully saturated rings. The first-order valence-corrected chi connectivity index (χ1v) is 7.42. The van der Waals surface area contributed by atoms with Gasteiger partial charge in [-0.3, -0.25) is 9.48 Å². The van der Waals surface area contributed by atoms with Crippen LogP contribution in [0.4, 0.5) is 0 Å². The molecular weight excluding hydrogens is 240 g/mol. The molecule has 0 saturated heterocycles. The van der Waals surface area contributed by atoms with Crippen LogP contribution in [0.5, 0.6) is 5.75 Å². The second kappa shape index (κ2) is 6.73. The quantitative estimate of drug-likeness (QED) is 0.604. The number of hydrogen-bond donors (Lipinski definition) is 0. The number of methoxy groups -OCH3 is 1. The predicted octanol–water partition coefficient (Wildman–Crippen LogP) is 3.45. The van der Waals surface area contributed by atoms with E-state index in [1.54, 1.807) is 13.3 Å². The molecule has 4 heteroatoms. The predicted molar refractivity (Wildman–Crippen MR) is 74.6 cm³/mol. The number of aryl methyl sites for hydroxylation is 1. The van der Waals surface area contributed by atoms with E-state index in [1.807, 2.05) is 4.68 Å². The van der Waals surface area contributed by atoms with Gasteiger partial charge in [0, 0.05) is 12.5 Å². The van der Waals surface area contributed by atoms with Crippen LogP contribution in [-0.4, -0.2) is 22.7 Å². The van der Waals surface area contributed by atoms with Crippen LogP contribution >= 0.6 is 0 Å². The van der Waals surface area contributed by atoms with E-state index < -0.39 is 0 Å². The molecule has 2 rings (SSSR count). The highest BCUT2D eigenvalue weighted by atomic mass is 16.5. The summed E-state index contributed by atoms with van der Waals surface area (Å²) in [5.41, 5.74) is 0.677. The Balaban J connectivity index is 2.22. The number of ether oxygens (including phenoxy) is 1. The van der Waals surface area contributed by atoms with Crippen molar-refractivity contribution in [2.75, 3.05) is 7.11 Å². The minimum atomic E-state index is 0.156. The maximum absolute atomic E-state index is 12.7. The molecule has 4 nitrogen and oxygen atoms in total. The van der Waals surface area contributed by atoms with Crippen LogP contribution in [0.2, 0.25) is 0 Å². The highest BCUT2D eigenvalue weighted by molar-refractivity contribution is 5.98. The lowest BCUT2D eigenvalue weighted by molar-refractivity contribution is 0.0893.